The van der Waals surface area contributed by atoms with E-state index in [1.54, 1.807) is 10.7 Å². The number of aromatic nitrogens is 4. The molecule has 0 saturated carbocycles. The summed E-state index contributed by atoms with van der Waals surface area (Å²) in [6, 6.07) is 7.45. The van der Waals surface area contributed by atoms with Gasteiger partial charge in [0.15, 0.2) is 0 Å². The molecule has 0 saturated heterocycles. The maximum absolute atomic E-state index is 6.18. The van der Waals surface area contributed by atoms with Gasteiger partial charge in [-0.25, -0.2) is 4.98 Å². The minimum Gasteiger partial charge on any atom is -0.481 e. The number of aryl methyl sites for hydroxylation is 1. The summed E-state index contributed by atoms with van der Waals surface area (Å²) in [6.07, 6.45) is 3.19. The topological polar surface area (TPSA) is 52.3 Å². The molecule has 0 spiro atoms. The lowest BCUT2D eigenvalue weighted by Gasteiger charge is -2.27. The molecule has 0 amide bonds. The summed E-state index contributed by atoms with van der Waals surface area (Å²) in [6.45, 7) is 5.93. The first-order valence-corrected chi connectivity index (χ1v) is 6.95. The molecule has 0 aliphatic rings. The van der Waals surface area contributed by atoms with Gasteiger partial charge < -0.3 is 4.74 Å². The predicted molar refractivity (Wildman–Crippen MR) is 80.6 cm³/mol. The molecule has 3 rings (SSSR count). The van der Waals surface area contributed by atoms with Crippen LogP contribution in [0.15, 0.2) is 36.8 Å². The molecule has 0 aliphatic carbocycles. The molecule has 108 valence electrons. The third-order valence-electron chi connectivity index (χ3n) is 3.30. The second-order valence-electron chi connectivity index (χ2n) is 5.32. The van der Waals surface area contributed by atoms with Crippen LogP contribution in [0.3, 0.4) is 0 Å². The molecule has 0 fully saturated rings. The van der Waals surface area contributed by atoms with Crippen LogP contribution in [0.5, 0.6) is 5.75 Å². The number of benzene rings is 1. The molecule has 2 heterocycles. The van der Waals surface area contributed by atoms with E-state index in [-0.39, 0.29) is 0 Å². The highest BCUT2D eigenvalue weighted by atomic mass is 35.5. The minimum absolute atomic E-state index is 0.553. The Morgan fingerprint density at radius 1 is 1.19 bits per heavy atom. The van der Waals surface area contributed by atoms with Gasteiger partial charge in [0.25, 0.3) is 5.78 Å². The number of ether oxygens (including phenoxy) is 1. The predicted octanol–water partition coefficient (Wildman–Crippen LogP) is 3.40. The molecule has 0 bridgehead atoms. The molecule has 0 radical (unpaired) electrons. The molecular weight excluding hydrogens is 288 g/mol. The third-order valence-corrected chi connectivity index (χ3v) is 3.53. The number of hydrogen-bond donors (Lipinski definition) is 0. The molecule has 1 aromatic carbocycles. The Balaban J connectivity index is 2.02. The molecule has 3 aromatic rings. The van der Waals surface area contributed by atoms with Crippen molar-refractivity contribution in [3.05, 3.63) is 53.1 Å². The fourth-order valence-corrected chi connectivity index (χ4v) is 2.48. The fraction of sp³-hybridized carbons (Fsp3) is 0.267. The monoisotopic (exact) mass is 302 g/mol. The zero-order valence-corrected chi connectivity index (χ0v) is 12.8. The maximum atomic E-state index is 6.18. The van der Waals surface area contributed by atoms with Gasteiger partial charge in [0, 0.05) is 11.2 Å². The number of rotatable bonds is 3. The smallest absolute Gasteiger partial charge is 0.252 e. The highest BCUT2D eigenvalue weighted by Crippen LogP contribution is 2.30. The molecule has 0 aliphatic heterocycles. The first-order chi connectivity index (χ1) is 9.97. The van der Waals surface area contributed by atoms with Crippen LogP contribution >= 0.6 is 11.6 Å². The average Bonchev–Trinajstić information content (AvgIpc) is 2.90. The molecule has 0 atom stereocenters. The van der Waals surface area contributed by atoms with Crippen molar-refractivity contribution in [3.63, 3.8) is 0 Å². The second kappa shape index (κ2) is 5.00. The van der Waals surface area contributed by atoms with Gasteiger partial charge in [-0.3, -0.25) is 0 Å². The van der Waals surface area contributed by atoms with E-state index in [0.717, 1.165) is 17.0 Å². The highest BCUT2D eigenvalue weighted by Gasteiger charge is 2.27. The van der Waals surface area contributed by atoms with Crippen LogP contribution in [0.4, 0.5) is 0 Å². The molecule has 21 heavy (non-hydrogen) atoms. The Hall–Kier alpha value is -2.14. The summed E-state index contributed by atoms with van der Waals surface area (Å²) in [7, 11) is 0. The second-order valence-corrected chi connectivity index (χ2v) is 5.76. The minimum atomic E-state index is -0.590. The van der Waals surface area contributed by atoms with Crippen LogP contribution in [0.1, 0.15) is 25.1 Å². The third kappa shape index (κ3) is 2.56. The maximum Gasteiger partial charge on any atom is 0.252 e. The van der Waals surface area contributed by atoms with Gasteiger partial charge in [-0.1, -0.05) is 11.6 Å². The Labute approximate surface area is 127 Å². The summed E-state index contributed by atoms with van der Waals surface area (Å²) >= 11 is 5.98. The van der Waals surface area contributed by atoms with Gasteiger partial charge in [0.05, 0.1) is 5.69 Å². The number of halogens is 1. The van der Waals surface area contributed by atoms with Gasteiger partial charge in [0.1, 0.15) is 17.7 Å². The number of hydrogen-bond acceptors (Lipinski definition) is 4. The lowest BCUT2D eigenvalue weighted by Crippen LogP contribution is -2.29. The molecule has 5 nitrogen and oxygen atoms in total. The van der Waals surface area contributed by atoms with E-state index in [0.29, 0.717) is 10.8 Å². The zero-order valence-electron chi connectivity index (χ0n) is 12.0. The van der Waals surface area contributed by atoms with Crippen LogP contribution in [-0.2, 0) is 5.60 Å². The largest absolute Gasteiger partial charge is 0.481 e. The first-order valence-electron chi connectivity index (χ1n) is 6.58. The van der Waals surface area contributed by atoms with E-state index in [1.165, 1.54) is 6.33 Å². The normalized spacial score (nSPS) is 11.8. The number of nitrogens with zero attached hydrogens (tertiary/aromatic N) is 4. The van der Waals surface area contributed by atoms with E-state index in [2.05, 4.69) is 15.1 Å². The number of fused-ring (bicyclic) bond motifs is 1. The van der Waals surface area contributed by atoms with Crippen LogP contribution in [0.25, 0.3) is 5.78 Å². The van der Waals surface area contributed by atoms with Gasteiger partial charge in [0.2, 0.25) is 0 Å². The summed E-state index contributed by atoms with van der Waals surface area (Å²) in [5.41, 5.74) is 1.27. The first kappa shape index (κ1) is 13.8. The standard InChI is InChI=1S/C15H15ClN4O/c1-10-8-11(16)4-5-12(10)21-15(2,3)13-6-7-17-14-18-9-19-20(13)14/h4-9H,1-3H3. The summed E-state index contributed by atoms with van der Waals surface area (Å²) < 4.78 is 7.86. The van der Waals surface area contributed by atoms with E-state index >= 15 is 0 Å². The molecule has 0 N–H and O–H groups in total. The van der Waals surface area contributed by atoms with E-state index < -0.39 is 5.60 Å². The Kier molecular flexibility index (Phi) is 3.29. The van der Waals surface area contributed by atoms with Crippen LogP contribution in [0.2, 0.25) is 5.02 Å². The fourth-order valence-electron chi connectivity index (χ4n) is 2.25. The lowest BCUT2D eigenvalue weighted by molar-refractivity contribution is 0.100. The molecule has 0 unspecified atom stereocenters. The van der Waals surface area contributed by atoms with Crippen LogP contribution in [-0.4, -0.2) is 19.6 Å². The van der Waals surface area contributed by atoms with E-state index in [1.807, 2.05) is 45.0 Å². The van der Waals surface area contributed by atoms with Crippen molar-refractivity contribution in [1.29, 1.82) is 0 Å². The molecule has 2 aromatic heterocycles. The molecule has 6 heteroatoms. The van der Waals surface area contributed by atoms with Crippen molar-refractivity contribution in [2.45, 2.75) is 26.4 Å². The summed E-state index contributed by atoms with van der Waals surface area (Å²) in [5.74, 6) is 1.34. The zero-order chi connectivity index (χ0) is 15.0. The quantitative estimate of drug-likeness (QED) is 0.744. The van der Waals surface area contributed by atoms with Gasteiger partial charge in [-0.2, -0.15) is 14.6 Å². The molecular formula is C15H15ClN4O. The van der Waals surface area contributed by atoms with Crippen molar-refractivity contribution < 1.29 is 4.74 Å². The van der Waals surface area contributed by atoms with Gasteiger partial charge >= 0.3 is 0 Å². The average molecular weight is 303 g/mol. The highest BCUT2D eigenvalue weighted by molar-refractivity contribution is 6.30. The van der Waals surface area contributed by atoms with Crippen molar-refractivity contribution in [3.8, 4) is 5.75 Å². The van der Waals surface area contributed by atoms with Gasteiger partial charge in [-0.15, -0.1) is 0 Å². The SMILES string of the molecule is Cc1cc(Cl)ccc1OC(C)(C)c1ccnc2ncnn12. The van der Waals surface area contributed by atoms with Crippen molar-refractivity contribution in [2.24, 2.45) is 0 Å². The summed E-state index contributed by atoms with van der Waals surface area (Å²) in [5, 5.41) is 4.90. The summed E-state index contributed by atoms with van der Waals surface area (Å²) in [4.78, 5) is 8.26. The van der Waals surface area contributed by atoms with Crippen molar-refractivity contribution in [2.75, 3.05) is 0 Å². The van der Waals surface area contributed by atoms with Crippen molar-refractivity contribution in [1.82, 2.24) is 19.6 Å². The Bertz CT molecular complexity index is 797. The van der Waals surface area contributed by atoms with Crippen LogP contribution in [0, 0.1) is 6.92 Å². The van der Waals surface area contributed by atoms with E-state index in [4.69, 9.17) is 16.3 Å². The Morgan fingerprint density at radius 2 is 2.00 bits per heavy atom. The van der Waals surface area contributed by atoms with Crippen LogP contribution < -0.4 is 4.74 Å². The van der Waals surface area contributed by atoms with E-state index in [9.17, 15) is 0 Å². The van der Waals surface area contributed by atoms with Crippen molar-refractivity contribution >= 4 is 17.4 Å². The van der Waals surface area contributed by atoms with Gasteiger partial charge in [-0.05, 0) is 50.6 Å². The Morgan fingerprint density at radius 3 is 2.76 bits per heavy atom. The lowest BCUT2D eigenvalue weighted by atomic mass is 10.0.